The van der Waals surface area contributed by atoms with Gasteiger partial charge in [0, 0.05) is 19.2 Å². The second kappa shape index (κ2) is 12.6. The van der Waals surface area contributed by atoms with Crippen LogP contribution in [0.5, 0.6) is 17.2 Å². The van der Waals surface area contributed by atoms with Crippen LogP contribution in [-0.2, 0) is 14.8 Å². The number of benzene rings is 2. The summed E-state index contributed by atoms with van der Waals surface area (Å²) in [5, 5.41) is 3.12. The lowest BCUT2D eigenvalue weighted by Gasteiger charge is -2.25. The SMILES string of the molecule is COc1cc(C=CC(=O)Nc2nc3ccc(S(=O)(=O)N(CC(C)C)CC(C)C)cc3s2)cc(OC)c1OC. The molecule has 0 aliphatic heterocycles. The molecule has 1 N–H and O–H groups in total. The molecule has 0 fully saturated rings. The van der Waals surface area contributed by atoms with Gasteiger partial charge in [-0.2, -0.15) is 4.31 Å². The zero-order chi connectivity index (χ0) is 28.0. The lowest BCUT2D eigenvalue weighted by Crippen LogP contribution is -2.37. The van der Waals surface area contributed by atoms with Crippen molar-refractivity contribution in [3.8, 4) is 17.2 Å². The molecule has 0 radical (unpaired) electrons. The number of carbonyl (C=O) groups is 1. The number of ether oxygens (including phenoxy) is 3. The van der Waals surface area contributed by atoms with Gasteiger partial charge in [-0.25, -0.2) is 13.4 Å². The summed E-state index contributed by atoms with van der Waals surface area (Å²) in [5.41, 5.74) is 1.29. The first-order valence-electron chi connectivity index (χ1n) is 12.2. The maximum Gasteiger partial charge on any atom is 0.250 e. The van der Waals surface area contributed by atoms with E-state index >= 15 is 0 Å². The van der Waals surface area contributed by atoms with Gasteiger partial charge in [-0.05, 0) is 53.8 Å². The Morgan fingerprint density at radius 1 is 1.00 bits per heavy atom. The molecule has 0 unspecified atom stereocenters. The average Bonchev–Trinajstić information content (AvgIpc) is 3.27. The molecule has 11 heteroatoms. The number of thiazole rings is 1. The number of amides is 1. The van der Waals surface area contributed by atoms with E-state index in [1.807, 2.05) is 27.7 Å². The minimum Gasteiger partial charge on any atom is -0.493 e. The van der Waals surface area contributed by atoms with Crippen LogP contribution >= 0.6 is 11.3 Å². The number of hydrogen-bond acceptors (Lipinski definition) is 8. The van der Waals surface area contributed by atoms with Crippen molar-refractivity contribution in [2.75, 3.05) is 39.7 Å². The molecule has 3 aromatic rings. The van der Waals surface area contributed by atoms with Crippen LogP contribution in [0.2, 0.25) is 0 Å². The van der Waals surface area contributed by atoms with E-state index < -0.39 is 10.0 Å². The number of sulfonamides is 1. The second-order valence-corrected chi connectivity index (χ2v) is 12.5. The van der Waals surface area contributed by atoms with Crippen molar-refractivity contribution in [3.63, 3.8) is 0 Å². The minimum absolute atomic E-state index is 0.200. The van der Waals surface area contributed by atoms with Gasteiger partial charge in [0.25, 0.3) is 0 Å². The van der Waals surface area contributed by atoms with Crippen molar-refractivity contribution in [2.45, 2.75) is 32.6 Å². The molecule has 206 valence electrons. The van der Waals surface area contributed by atoms with Gasteiger partial charge in [0.2, 0.25) is 21.7 Å². The summed E-state index contributed by atoms with van der Waals surface area (Å²) in [6.45, 7) is 8.89. The van der Waals surface area contributed by atoms with Crippen LogP contribution in [0, 0.1) is 11.8 Å². The minimum atomic E-state index is -3.67. The molecule has 38 heavy (non-hydrogen) atoms. The fourth-order valence-corrected chi connectivity index (χ4v) is 6.65. The maximum atomic E-state index is 13.4. The van der Waals surface area contributed by atoms with Crippen LogP contribution in [-0.4, -0.2) is 58.0 Å². The summed E-state index contributed by atoms with van der Waals surface area (Å²) in [5.74, 6) is 1.43. The van der Waals surface area contributed by atoms with E-state index in [-0.39, 0.29) is 22.6 Å². The van der Waals surface area contributed by atoms with Gasteiger partial charge in [0.05, 0.1) is 36.4 Å². The molecule has 3 rings (SSSR count). The molecule has 0 spiro atoms. The summed E-state index contributed by atoms with van der Waals surface area (Å²) in [7, 11) is 0.895. The molecule has 0 aliphatic rings. The lowest BCUT2D eigenvalue weighted by atomic mass is 10.1. The quantitative estimate of drug-likeness (QED) is 0.300. The van der Waals surface area contributed by atoms with E-state index in [1.165, 1.54) is 38.7 Å². The number of rotatable bonds is 12. The molecular formula is C27H35N3O6S2. The summed E-state index contributed by atoms with van der Waals surface area (Å²) >= 11 is 1.22. The van der Waals surface area contributed by atoms with Gasteiger partial charge in [0.15, 0.2) is 16.6 Å². The topological polar surface area (TPSA) is 107 Å². The molecule has 0 saturated carbocycles. The number of methoxy groups -OCH3 is 3. The van der Waals surface area contributed by atoms with Crippen molar-refractivity contribution in [1.82, 2.24) is 9.29 Å². The Morgan fingerprint density at radius 2 is 1.61 bits per heavy atom. The summed E-state index contributed by atoms with van der Waals surface area (Å²) in [6, 6.07) is 8.32. The number of nitrogens with zero attached hydrogens (tertiary/aromatic N) is 2. The van der Waals surface area contributed by atoms with E-state index in [4.69, 9.17) is 14.2 Å². The number of hydrogen-bond donors (Lipinski definition) is 1. The van der Waals surface area contributed by atoms with Crippen LogP contribution in [0.25, 0.3) is 16.3 Å². The summed E-state index contributed by atoms with van der Waals surface area (Å²) in [4.78, 5) is 17.2. The molecule has 2 aromatic carbocycles. The van der Waals surface area contributed by atoms with Crippen molar-refractivity contribution in [3.05, 3.63) is 42.0 Å². The zero-order valence-corrected chi connectivity index (χ0v) is 24.4. The first kappa shape index (κ1) is 29.4. The Bertz CT molecular complexity index is 1380. The van der Waals surface area contributed by atoms with Crippen LogP contribution in [0.15, 0.2) is 41.3 Å². The molecule has 1 aromatic heterocycles. The largest absolute Gasteiger partial charge is 0.493 e. The number of fused-ring (bicyclic) bond motifs is 1. The van der Waals surface area contributed by atoms with Crippen LogP contribution in [0.1, 0.15) is 33.3 Å². The van der Waals surface area contributed by atoms with E-state index in [0.717, 1.165) is 0 Å². The van der Waals surface area contributed by atoms with Crippen molar-refractivity contribution in [1.29, 1.82) is 0 Å². The number of anilines is 1. The second-order valence-electron chi connectivity index (χ2n) is 9.54. The van der Waals surface area contributed by atoms with E-state index in [9.17, 15) is 13.2 Å². The summed E-state index contributed by atoms with van der Waals surface area (Å²) < 4.78 is 45.0. The molecule has 1 heterocycles. The molecule has 0 atom stereocenters. The molecule has 0 saturated heterocycles. The van der Waals surface area contributed by atoms with Gasteiger partial charge < -0.3 is 14.2 Å². The Kier molecular flexibility index (Phi) is 9.75. The van der Waals surface area contributed by atoms with Crippen molar-refractivity contribution < 1.29 is 27.4 Å². The van der Waals surface area contributed by atoms with Crippen molar-refractivity contribution in [2.24, 2.45) is 11.8 Å². The maximum absolute atomic E-state index is 13.4. The highest BCUT2D eigenvalue weighted by Crippen LogP contribution is 2.38. The molecular weight excluding hydrogens is 526 g/mol. The number of carbonyl (C=O) groups excluding carboxylic acids is 1. The Morgan fingerprint density at radius 3 is 2.13 bits per heavy atom. The predicted octanol–water partition coefficient (Wildman–Crippen LogP) is 5.28. The van der Waals surface area contributed by atoms with Gasteiger partial charge in [0.1, 0.15) is 0 Å². The van der Waals surface area contributed by atoms with E-state index in [0.29, 0.717) is 51.2 Å². The molecule has 0 aliphatic carbocycles. The number of aromatic nitrogens is 1. The van der Waals surface area contributed by atoms with Gasteiger partial charge in [-0.3, -0.25) is 10.1 Å². The Balaban J connectivity index is 1.80. The van der Waals surface area contributed by atoms with Crippen LogP contribution in [0.4, 0.5) is 5.13 Å². The lowest BCUT2D eigenvalue weighted by molar-refractivity contribution is -0.111. The van der Waals surface area contributed by atoms with Gasteiger partial charge >= 0.3 is 0 Å². The third-order valence-electron chi connectivity index (χ3n) is 5.48. The Labute approximate surface area is 228 Å². The average molecular weight is 562 g/mol. The van der Waals surface area contributed by atoms with Gasteiger partial charge in [-0.15, -0.1) is 0 Å². The van der Waals surface area contributed by atoms with E-state index in [1.54, 1.807) is 40.7 Å². The molecule has 0 bridgehead atoms. The van der Waals surface area contributed by atoms with Crippen LogP contribution < -0.4 is 19.5 Å². The number of nitrogens with one attached hydrogen (secondary N) is 1. The first-order chi connectivity index (χ1) is 18.0. The molecule has 1 amide bonds. The fraction of sp³-hybridized carbons (Fsp3) is 0.407. The smallest absolute Gasteiger partial charge is 0.250 e. The standard InChI is InChI=1S/C27H35N3O6S2/c1-17(2)15-30(16-18(3)4)38(32,33)20-9-10-21-24(14-20)37-27(28-21)29-25(31)11-8-19-12-22(34-5)26(36-7)23(13-19)35-6/h8-14,17-18H,15-16H2,1-7H3,(H,28,29,31). The molecule has 9 nitrogen and oxygen atoms in total. The Hall–Kier alpha value is -3.15. The fourth-order valence-electron chi connectivity index (χ4n) is 3.87. The normalized spacial score (nSPS) is 12.2. The first-order valence-corrected chi connectivity index (χ1v) is 14.4. The highest BCUT2D eigenvalue weighted by Gasteiger charge is 2.26. The highest BCUT2D eigenvalue weighted by atomic mass is 32.2. The third kappa shape index (κ3) is 7.03. The highest BCUT2D eigenvalue weighted by molar-refractivity contribution is 7.89. The zero-order valence-electron chi connectivity index (χ0n) is 22.8. The van der Waals surface area contributed by atoms with Crippen LogP contribution in [0.3, 0.4) is 0 Å². The predicted molar refractivity (Wildman–Crippen MR) is 152 cm³/mol. The van der Waals surface area contributed by atoms with Gasteiger partial charge in [-0.1, -0.05) is 39.0 Å². The summed E-state index contributed by atoms with van der Waals surface area (Å²) in [6.07, 6.45) is 2.99. The third-order valence-corrected chi connectivity index (χ3v) is 8.24. The van der Waals surface area contributed by atoms with Crippen molar-refractivity contribution >= 4 is 48.7 Å². The monoisotopic (exact) mass is 561 g/mol. The van der Waals surface area contributed by atoms with E-state index in [2.05, 4.69) is 10.3 Å².